The average molecular weight is 254 g/mol. The Morgan fingerprint density at radius 2 is 1.94 bits per heavy atom. The van der Waals surface area contributed by atoms with Crippen LogP contribution in [0.4, 0.5) is 0 Å². The lowest BCUT2D eigenvalue weighted by Gasteiger charge is -2.33. The first-order valence-electron chi connectivity index (χ1n) is 6.63. The minimum absolute atomic E-state index is 0.0729. The topological polar surface area (TPSA) is 55.1 Å². The molecule has 4 heteroatoms. The van der Waals surface area contributed by atoms with Gasteiger partial charge in [0.2, 0.25) is 5.91 Å². The van der Waals surface area contributed by atoms with Crippen molar-refractivity contribution in [2.24, 2.45) is 17.1 Å². The third-order valence-corrected chi connectivity index (χ3v) is 4.45. The average Bonchev–Trinajstić information content (AvgIpc) is 3.10. The summed E-state index contributed by atoms with van der Waals surface area (Å²) >= 11 is 5.05. The van der Waals surface area contributed by atoms with Crippen LogP contribution in [-0.2, 0) is 4.79 Å². The van der Waals surface area contributed by atoms with Crippen LogP contribution in [0, 0.1) is 11.3 Å². The van der Waals surface area contributed by atoms with Gasteiger partial charge in [-0.1, -0.05) is 38.4 Å². The predicted molar refractivity (Wildman–Crippen MR) is 72.6 cm³/mol. The fourth-order valence-corrected chi connectivity index (χ4v) is 2.98. The maximum atomic E-state index is 12.3. The normalized spacial score (nSPS) is 25.0. The Balaban J connectivity index is 1.96. The fraction of sp³-hybridized carbons (Fsp3) is 0.846. The highest BCUT2D eigenvalue weighted by atomic mass is 32.1. The molecule has 3 nitrogen and oxygen atoms in total. The molecule has 2 saturated carbocycles. The molecule has 2 aliphatic carbocycles. The molecule has 0 aliphatic heterocycles. The molecular weight excluding hydrogens is 232 g/mol. The van der Waals surface area contributed by atoms with Crippen LogP contribution in [0.15, 0.2) is 0 Å². The van der Waals surface area contributed by atoms with Crippen LogP contribution >= 0.6 is 12.2 Å². The Kier molecular flexibility index (Phi) is 3.71. The molecule has 0 aromatic heterocycles. The Morgan fingerprint density at radius 3 is 2.41 bits per heavy atom. The van der Waals surface area contributed by atoms with Crippen molar-refractivity contribution in [2.45, 2.75) is 57.9 Å². The predicted octanol–water partition coefficient (Wildman–Crippen LogP) is 2.14. The van der Waals surface area contributed by atoms with Gasteiger partial charge in [0.1, 0.15) is 0 Å². The second-order valence-electron chi connectivity index (χ2n) is 5.81. The van der Waals surface area contributed by atoms with Crippen molar-refractivity contribution >= 4 is 23.1 Å². The van der Waals surface area contributed by atoms with Crippen molar-refractivity contribution in [3.05, 3.63) is 0 Å². The van der Waals surface area contributed by atoms with Crippen LogP contribution in [-0.4, -0.2) is 16.9 Å². The van der Waals surface area contributed by atoms with Gasteiger partial charge in [0.25, 0.3) is 0 Å². The summed E-state index contributed by atoms with van der Waals surface area (Å²) in [6.45, 7) is 2.07. The van der Waals surface area contributed by atoms with E-state index in [1.54, 1.807) is 0 Å². The molecule has 96 valence electrons. The van der Waals surface area contributed by atoms with Gasteiger partial charge in [-0.05, 0) is 31.6 Å². The van der Waals surface area contributed by atoms with Gasteiger partial charge in [0.15, 0.2) is 0 Å². The summed E-state index contributed by atoms with van der Waals surface area (Å²) in [4.78, 5) is 12.8. The first-order valence-corrected chi connectivity index (χ1v) is 7.04. The number of nitrogens with one attached hydrogen (secondary N) is 1. The number of thiocarbonyl (C=S) groups is 1. The first-order chi connectivity index (χ1) is 8.03. The Morgan fingerprint density at radius 1 is 1.35 bits per heavy atom. The van der Waals surface area contributed by atoms with E-state index in [9.17, 15) is 4.79 Å². The number of hydrogen-bond donors (Lipinski definition) is 2. The van der Waals surface area contributed by atoms with Crippen LogP contribution in [0.1, 0.15) is 51.9 Å². The molecule has 1 atom stereocenters. The number of amides is 1. The van der Waals surface area contributed by atoms with E-state index < -0.39 is 0 Å². The highest BCUT2D eigenvalue weighted by Crippen LogP contribution is 2.37. The first kappa shape index (κ1) is 12.8. The largest absolute Gasteiger partial charge is 0.392 e. The van der Waals surface area contributed by atoms with Gasteiger partial charge in [-0.15, -0.1) is 0 Å². The molecule has 0 radical (unpaired) electrons. The number of hydrogen-bond acceptors (Lipinski definition) is 2. The minimum Gasteiger partial charge on any atom is -0.392 e. The number of carbonyl (C=O) groups excluding carboxylic acids is 1. The van der Waals surface area contributed by atoms with Crippen molar-refractivity contribution in [3.8, 4) is 0 Å². The summed E-state index contributed by atoms with van der Waals surface area (Å²) in [5, 5.41) is 3.08. The maximum absolute atomic E-state index is 12.3. The molecule has 17 heavy (non-hydrogen) atoms. The van der Waals surface area contributed by atoms with Gasteiger partial charge in [-0.25, -0.2) is 0 Å². The van der Waals surface area contributed by atoms with Gasteiger partial charge >= 0.3 is 0 Å². The molecule has 3 N–H and O–H groups in total. The lowest BCUT2D eigenvalue weighted by molar-refractivity contribution is -0.132. The Labute approximate surface area is 109 Å². The monoisotopic (exact) mass is 254 g/mol. The van der Waals surface area contributed by atoms with E-state index in [-0.39, 0.29) is 17.4 Å². The number of nitrogens with two attached hydrogens (primary N) is 1. The van der Waals surface area contributed by atoms with Crippen molar-refractivity contribution in [1.82, 2.24) is 5.32 Å². The standard InChI is InChI=1S/C13H22N2OS/c1-13(7-3-2-4-8-13)12(16)15-10(11(14)17)9-5-6-9/h9-10H,2-8H2,1H3,(H2,14,17)(H,15,16). The molecule has 1 amide bonds. The van der Waals surface area contributed by atoms with E-state index in [0.29, 0.717) is 10.9 Å². The zero-order valence-corrected chi connectivity index (χ0v) is 11.3. The third kappa shape index (κ3) is 2.97. The molecule has 0 aromatic carbocycles. The molecule has 2 aliphatic rings. The van der Waals surface area contributed by atoms with Crippen molar-refractivity contribution < 1.29 is 4.79 Å². The maximum Gasteiger partial charge on any atom is 0.226 e. The molecule has 1 unspecified atom stereocenters. The van der Waals surface area contributed by atoms with Gasteiger partial charge < -0.3 is 11.1 Å². The van der Waals surface area contributed by atoms with E-state index in [0.717, 1.165) is 38.5 Å². The zero-order chi connectivity index (χ0) is 12.5. The molecular formula is C13H22N2OS. The number of carbonyl (C=O) groups is 1. The lowest BCUT2D eigenvalue weighted by atomic mass is 9.75. The van der Waals surface area contributed by atoms with E-state index >= 15 is 0 Å². The highest BCUT2D eigenvalue weighted by molar-refractivity contribution is 7.80. The van der Waals surface area contributed by atoms with Crippen LogP contribution in [0.3, 0.4) is 0 Å². The van der Waals surface area contributed by atoms with Crippen molar-refractivity contribution in [2.75, 3.05) is 0 Å². The van der Waals surface area contributed by atoms with Gasteiger partial charge in [0, 0.05) is 5.41 Å². The summed E-state index contributed by atoms with van der Waals surface area (Å²) in [7, 11) is 0. The van der Waals surface area contributed by atoms with Crippen molar-refractivity contribution in [3.63, 3.8) is 0 Å². The van der Waals surface area contributed by atoms with Gasteiger partial charge in [0.05, 0.1) is 11.0 Å². The molecule has 0 spiro atoms. The highest BCUT2D eigenvalue weighted by Gasteiger charge is 2.39. The quantitative estimate of drug-likeness (QED) is 0.756. The second kappa shape index (κ2) is 4.92. The summed E-state index contributed by atoms with van der Waals surface area (Å²) in [5.74, 6) is 0.644. The molecule has 2 fully saturated rings. The zero-order valence-electron chi connectivity index (χ0n) is 10.5. The molecule has 0 saturated heterocycles. The van der Waals surface area contributed by atoms with Crippen molar-refractivity contribution in [1.29, 1.82) is 0 Å². The Bertz CT molecular complexity index is 319. The molecule has 0 heterocycles. The fourth-order valence-electron chi connectivity index (χ4n) is 2.73. The molecule has 0 bridgehead atoms. The van der Waals surface area contributed by atoms with Crippen LogP contribution in [0.2, 0.25) is 0 Å². The van der Waals surface area contributed by atoms with Crippen LogP contribution < -0.4 is 11.1 Å². The molecule has 0 aromatic rings. The summed E-state index contributed by atoms with van der Waals surface area (Å²) in [6.07, 6.45) is 7.83. The van der Waals surface area contributed by atoms with Gasteiger partial charge in [-0.2, -0.15) is 0 Å². The summed E-state index contributed by atoms with van der Waals surface area (Å²) in [5.41, 5.74) is 5.52. The summed E-state index contributed by atoms with van der Waals surface area (Å²) < 4.78 is 0. The van der Waals surface area contributed by atoms with Gasteiger partial charge in [-0.3, -0.25) is 4.79 Å². The van der Waals surface area contributed by atoms with E-state index in [1.807, 2.05) is 0 Å². The van der Waals surface area contributed by atoms with E-state index in [1.165, 1.54) is 6.42 Å². The number of rotatable bonds is 4. The SMILES string of the molecule is CC1(C(=O)NC(C(N)=S)C2CC2)CCCCC1. The Hall–Kier alpha value is -0.640. The molecule has 2 rings (SSSR count). The summed E-state index contributed by atoms with van der Waals surface area (Å²) in [6, 6.07) is -0.0729. The van der Waals surface area contributed by atoms with E-state index in [2.05, 4.69) is 12.2 Å². The smallest absolute Gasteiger partial charge is 0.226 e. The minimum atomic E-state index is -0.198. The van der Waals surface area contributed by atoms with E-state index in [4.69, 9.17) is 18.0 Å². The van der Waals surface area contributed by atoms with Crippen LogP contribution in [0.25, 0.3) is 0 Å². The third-order valence-electron chi connectivity index (χ3n) is 4.19. The lowest BCUT2D eigenvalue weighted by Crippen LogP contribution is -2.50. The second-order valence-corrected chi connectivity index (χ2v) is 6.28. The van der Waals surface area contributed by atoms with Crippen LogP contribution in [0.5, 0.6) is 0 Å².